The SMILES string of the molecule is COc1ccc(C(=O)N2CCC(NC(=O)OC(C)(C)C)CC2)cc1. The minimum absolute atomic E-state index is 0.00775. The number of alkyl carbamates (subject to hydrolysis) is 1. The van der Waals surface area contributed by atoms with Crippen molar-refractivity contribution in [1.29, 1.82) is 0 Å². The van der Waals surface area contributed by atoms with Gasteiger partial charge in [0, 0.05) is 24.7 Å². The summed E-state index contributed by atoms with van der Waals surface area (Å²) in [7, 11) is 1.60. The first kappa shape index (κ1) is 18.1. The number of piperidine rings is 1. The molecule has 0 bridgehead atoms. The molecule has 2 rings (SSSR count). The third-order valence-corrected chi connectivity index (χ3v) is 3.84. The molecule has 24 heavy (non-hydrogen) atoms. The largest absolute Gasteiger partial charge is 0.497 e. The molecule has 132 valence electrons. The summed E-state index contributed by atoms with van der Waals surface area (Å²) in [5.74, 6) is 0.736. The van der Waals surface area contributed by atoms with Crippen molar-refractivity contribution in [3.63, 3.8) is 0 Å². The van der Waals surface area contributed by atoms with E-state index in [2.05, 4.69) is 5.32 Å². The number of hydrogen-bond acceptors (Lipinski definition) is 4. The number of ether oxygens (including phenoxy) is 2. The minimum Gasteiger partial charge on any atom is -0.497 e. The van der Waals surface area contributed by atoms with Gasteiger partial charge in [-0.15, -0.1) is 0 Å². The fraction of sp³-hybridized carbons (Fsp3) is 0.556. The average Bonchev–Trinajstić information content (AvgIpc) is 2.53. The van der Waals surface area contributed by atoms with Crippen molar-refractivity contribution in [2.24, 2.45) is 0 Å². The summed E-state index contributed by atoms with van der Waals surface area (Å²) in [6.07, 6.45) is 1.05. The normalized spacial score (nSPS) is 15.8. The summed E-state index contributed by atoms with van der Waals surface area (Å²) in [5.41, 5.74) is 0.143. The van der Waals surface area contributed by atoms with E-state index < -0.39 is 11.7 Å². The lowest BCUT2D eigenvalue weighted by Crippen LogP contribution is -2.47. The zero-order valence-electron chi connectivity index (χ0n) is 14.8. The molecule has 0 saturated carbocycles. The number of carbonyl (C=O) groups excluding carboxylic acids is 2. The Morgan fingerprint density at radius 1 is 1.12 bits per heavy atom. The molecule has 1 saturated heterocycles. The Bertz CT molecular complexity index is 570. The maximum Gasteiger partial charge on any atom is 0.407 e. The monoisotopic (exact) mass is 334 g/mol. The second-order valence-electron chi connectivity index (χ2n) is 6.94. The van der Waals surface area contributed by atoms with Gasteiger partial charge in [0.05, 0.1) is 7.11 Å². The van der Waals surface area contributed by atoms with Crippen molar-refractivity contribution in [1.82, 2.24) is 10.2 Å². The van der Waals surface area contributed by atoms with Crippen LogP contribution in [0.4, 0.5) is 4.79 Å². The van der Waals surface area contributed by atoms with Crippen LogP contribution in [0, 0.1) is 0 Å². The Kier molecular flexibility index (Phi) is 5.70. The van der Waals surface area contributed by atoms with E-state index >= 15 is 0 Å². The predicted octanol–water partition coefficient (Wildman–Crippen LogP) is 2.82. The molecule has 1 heterocycles. The van der Waals surface area contributed by atoms with Crippen LogP contribution in [-0.4, -0.2) is 48.7 Å². The van der Waals surface area contributed by atoms with Crippen LogP contribution in [-0.2, 0) is 4.74 Å². The van der Waals surface area contributed by atoms with Gasteiger partial charge in [0.25, 0.3) is 5.91 Å². The van der Waals surface area contributed by atoms with Crippen LogP contribution in [0.3, 0.4) is 0 Å². The van der Waals surface area contributed by atoms with Gasteiger partial charge in [0.15, 0.2) is 0 Å². The highest BCUT2D eigenvalue weighted by Gasteiger charge is 2.26. The number of nitrogens with one attached hydrogen (secondary N) is 1. The van der Waals surface area contributed by atoms with Gasteiger partial charge in [-0.3, -0.25) is 4.79 Å². The highest BCUT2D eigenvalue weighted by atomic mass is 16.6. The van der Waals surface area contributed by atoms with E-state index in [4.69, 9.17) is 9.47 Å². The van der Waals surface area contributed by atoms with E-state index in [-0.39, 0.29) is 11.9 Å². The van der Waals surface area contributed by atoms with Crippen LogP contribution < -0.4 is 10.1 Å². The van der Waals surface area contributed by atoms with Crippen LogP contribution >= 0.6 is 0 Å². The molecule has 0 aliphatic carbocycles. The highest BCUT2D eigenvalue weighted by molar-refractivity contribution is 5.94. The lowest BCUT2D eigenvalue weighted by Gasteiger charge is -2.33. The van der Waals surface area contributed by atoms with Crippen molar-refractivity contribution in [3.8, 4) is 5.75 Å². The first-order valence-corrected chi connectivity index (χ1v) is 8.21. The molecular weight excluding hydrogens is 308 g/mol. The summed E-state index contributed by atoms with van der Waals surface area (Å²) in [4.78, 5) is 26.1. The number of amides is 2. The molecule has 6 nitrogen and oxygen atoms in total. The molecule has 1 aromatic carbocycles. The minimum atomic E-state index is -0.505. The first-order valence-electron chi connectivity index (χ1n) is 8.21. The number of benzene rings is 1. The fourth-order valence-corrected chi connectivity index (χ4v) is 2.62. The smallest absolute Gasteiger partial charge is 0.407 e. The van der Waals surface area contributed by atoms with Crippen LogP contribution in [0.5, 0.6) is 5.75 Å². The molecule has 0 unspecified atom stereocenters. The van der Waals surface area contributed by atoms with Gasteiger partial charge < -0.3 is 19.7 Å². The van der Waals surface area contributed by atoms with E-state index in [9.17, 15) is 9.59 Å². The van der Waals surface area contributed by atoms with Crippen molar-refractivity contribution >= 4 is 12.0 Å². The Balaban J connectivity index is 1.83. The summed E-state index contributed by atoms with van der Waals surface area (Å²) in [5, 5.41) is 2.87. The van der Waals surface area contributed by atoms with Gasteiger partial charge in [-0.25, -0.2) is 4.79 Å². The van der Waals surface area contributed by atoms with Crippen LogP contribution in [0.15, 0.2) is 24.3 Å². The van der Waals surface area contributed by atoms with Crippen molar-refractivity contribution < 1.29 is 19.1 Å². The van der Waals surface area contributed by atoms with E-state index in [1.54, 1.807) is 31.4 Å². The van der Waals surface area contributed by atoms with E-state index in [1.807, 2.05) is 25.7 Å². The van der Waals surface area contributed by atoms with Gasteiger partial charge in [-0.05, 0) is 57.9 Å². The second-order valence-corrected chi connectivity index (χ2v) is 6.94. The van der Waals surface area contributed by atoms with Gasteiger partial charge in [0.2, 0.25) is 0 Å². The zero-order valence-corrected chi connectivity index (χ0v) is 14.8. The molecule has 1 fully saturated rings. The summed E-state index contributed by atoms with van der Waals surface area (Å²) in [6.45, 7) is 6.74. The maximum atomic E-state index is 12.5. The van der Waals surface area contributed by atoms with Crippen molar-refractivity contribution in [3.05, 3.63) is 29.8 Å². The third-order valence-electron chi connectivity index (χ3n) is 3.84. The van der Waals surface area contributed by atoms with Gasteiger partial charge in [-0.2, -0.15) is 0 Å². The molecule has 1 N–H and O–H groups in total. The number of nitrogens with zero attached hydrogens (tertiary/aromatic N) is 1. The molecule has 2 amide bonds. The number of rotatable bonds is 3. The van der Waals surface area contributed by atoms with Crippen molar-refractivity contribution in [2.45, 2.75) is 45.3 Å². The van der Waals surface area contributed by atoms with Crippen LogP contribution in [0.1, 0.15) is 44.0 Å². The quantitative estimate of drug-likeness (QED) is 0.923. The maximum absolute atomic E-state index is 12.5. The van der Waals surface area contributed by atoms with Crippen molar-refractivity contribution in [2.75, 3.05) is 20.2 Å². The lowest BCUT2D eigenvalue weighted by molar-refractivity contribution is 0.0473. The molecular formula is C18H26N2O4. The lowest BCUT2D eigenvalue weighted by atomic mass is 10.0. The van der Waals surface area contributed by atoms with E-state index in [0.717, 1.165) is 18.6 Å². The zero-order chi connectivity index (χ0) is 17.7. The first-order chi connectivity index (χ1) is 11.3. The number of likely N-dealkylation sites (tertiary alicyclic amines) is 1. The summed E-state index contributed by atoms with van der Waals surface area (Å²) in [6, 6.07) is 7.15. The molecule has 1 aromatic rings. The summed E-state index contributed by atoms with van der Waals surface area (Å²) >= 11 is 0. The van der Waals surface area contributed by atoms with Gasteiger partial charge >= 0.3 is 6.09 Å². The topological polar surface area (TPSA) is 67.9 Å². The Hall–Kier alpha value is -2.24. The van der Waals surface area contributed by atoms with E-state index in [0.29, 0.717) is 18.7 Å². The number of hydrogen-bond donors (Lipinski definition) is 1. The van der Waals surface area contributed by atoms with Gasteiger partial charge in [-0.1, -0.05) is 0 Å². The number of methoxy groups -OCH3 is 1. The number of carbonyl (C=O) groups is 2. The molecule has 1 aliphatic rings. The Labute approximate surface area is 143 Å². The standard InChI is InChI=1S/C18H26N2O4/c1-18(2,3)24-17(22)19-14-9-11-20(12-10-14)16(21)13-5-7-15(23-4)8-6-13/h5-8,14H,9-12H2,1-4H3,(H,19,22). The third kappa shape index (κ3) is 5.15. The Morgan fingerprint density at radius 3 is 2.21 bits per heavy atom. The van der Waals surface area contributed by atoms with Crippen LogP contribution in [0.25, 0.3) is 0 Å². The fourth-order valence-electron chi connectivity index (χ4n) is 2.62. The van der Waals surface area contributed by atoms with E-state index in [1.165, 1.54) is 0 Å². The average molecular weight is 334 g/mol. The van der Waals surface area contributed by atoms with Gasteiger partial charge in [0.1, 0.15) is 11.4 Å². The predicted molar refractivity (Wildman–Crippen MR) is 91.3 cm³/mol. The van der Waals surface area contributed by atoms with Crippen LogP contribution in [0.2, 0.25) is 0 Å². The molecule has 0 aromatic heterocycles. The Morgan fingerprint density at radius 2 is 1.71 bits per heavy atom. The summed E-state index contributed by atoms with van der Waals surface area (Å²) < 4.78 is 10.4. The molecule has 0 atom stereocenters. The molecule has 1 aliphatic heterocycles. The molecule has 0 radical (unpaired) electrons. The molecule has 0 spiro atoms. The molecule has 6 heteroatoms. The second kappa shape index (κ2) is 7.55. The highest BCUT2D eigenvalue weighted by Crippen LogP contribution is 2.17.